The lowest BCUT2D eigenvalue weighted by Gasteiger charge is -2.04. The number of halogens is 4. The second kappa shape index (κ2) is 3.72. The van der Waals surface area contributed by atoms with Gasteiger partial charge in [-0.05, 0) is 11.6 Å². The number of hydrogen-bond acceptors (Lipinski definition) is 3. The van der Waals surface area contributed by atoms with Crippen LogP contribution in [0.2, 0.25) is 5.02 Å². The van der Waals surface area contributed by atoms with Crippen LogP contribution in [0.5, 0.6) is 0 Å². The van der Waals surface area contributed by atoms with Crippen LogP contribution in [0.1, 0.15) is 5.56 Å². The van der Waals surface area contributed by atoms with Gasteiger partial charge in [0.25, 0.3) is 0 Å². The number of aliphatic imine (C=N–C) groups is 1. The predicted octanol–water partition coefficient (Wildman–Crippen LogP) is 3.66. The van der Waals surface area contributed by atoms with Gasteiger partial charge in [0.1, 0.15) is 5.00 Å². The fourth-order valence-corrected chi connectivity index (χ4v) is 2.12. The van der Waals surface area contributed by atoms with Gasteiger partial charge in [-0.2, -0.15) is 13.8 Å². The van der Waals surface area contributed by atoms with Gasteiger partial charge >= 0.3 is 5.38 Å². The van der Waals surface area contributed by atoms with E-state index in [2.05, 4.69) is 4.99 Å². The van der Waals surface area contributed by atoms with E-state index in [0.717, 1.165) is 16.7 Å². The average Bonchev–Trinajstić information content (AvgIpc) is 2.32. The fourth-order valence-electron chi connectivity index (χ4n) is 0.642. The summed E-state index contributed by atoms with van der Waals surface area (Å²) < 4.78 is 25.0. The van der Waals surface area contributed by atoms with Crippen LogP contribution in [0.25, 0.3) is 0 Å². The minimum Gasteiger partial charge on any atom is -0.211 e. The summed E-state index contributed by atoms with van der Waals surface area (Å²) in [6.07, 6.45) is 1.20. The molecular weight excluding hydrogens is 243 g/mol. The molecule has 0 aliphatic carbocycles. The Morgan fingerprint density at radius 2 is 2.23 bits per heavy atom. The Morgan fingerprint density at radius 1 is 1.62 bits per heavy atom. The Labute approximate surface area is 85.8 Å². The molecule has 0 saturated heterocycles. The minimum absolute atomic E-state index is 0.0213. The Kier molecular flexibility index (Phi) is 3.03. The van der Waals surface area contributed by atoms with Gasteiger partial charge in [-0.3, -0.25) is 0 Å². The van der Waals surface area contributed by atoms with Crippen LogP contribution >= 0.6 is 34.5 Å². The van der Waals surface area contributed by atoms with E-state index in [0.29, 0.717) is 0 Å². The van der Waals surface area contributed by atoms with Crippen LogP contribution in [0, 0.1) is 0 Å². The second-order valence-corrected chi connectivity index (χ2v) is 3.68. The molecule has 0 aliphatic heterocycles. The summed E-state index contributed by atoms with van der Waals surface area (Å²) in [5, 5.41) is -2.82. The first-order valence-electron chi connectivity index (χ1n) is 2.89. The normalized spacial score (nSPS) is 11.1. The molecule has 0 amide bonds. The van der Waals surface area contributed by atoms with Gasteiger partial charge in [0.2, 0.25) is 6.08 Å². The third-order valence-corrected chi connectivity index (χ3v) is 2.74. The molecule has 7 heteroatoms. The Balaban J connectivity index is 3.21. The molecule has 1 rings (SSSR count). The van der Waals surface area contributed by atoms with Gasteiger partial charge in [0, 0.05) is 5.38 Å². The van der Waals surface area contributed by atoms with E-state index in [4.69, 9.17) is 23.2 Å². The molecule has 70 valence electrons. The molecule has 0 N–H and O–H groups in total. The third kappa shape index (κ3) is 2.25. The Hall–Kier alpha value is -0.480. The molecule has 0 radical (unpaired) electrons. The SMILES string of the molecule is O=C=Nc1scc(C(F)(F)Cl)c1Cl. The molecule has 1 heterocycles. The molecule has 0 fully saturated rings. The lowest BCUT2D eigenvalue weighted by Crippen LogP contribution is -2.01. The van der Waals surface area contributed by atoms with Crippen molar-refractivity contribution >= 4 is 45.6 Å². The first-order chi connectivity index (χ1) is 5.96. The van der Waals surface area contributed by atoms with E-state index in [1.165, 1.54) is 6.08 Å². The van der Waals surface area contributed by atoms with Crippen molar-refractivity contribution in [3.05, 3.63) is 16.0 Å². The number of nitrogens with zero attached hydrogens (tertiary/aromatic N) is 1. The molecule has 0 bridgehead atoms. The first-order valence-corrected chi connectivity index (χ1v) is 4.52. The monoisotopic (exact) mass is 243 g/mol. The summed E-state index contributed by atoms with van der Waals surface area (Å²) in [4.78, 5) is 13.0. The van der Waals surface area contributed by atoms with Gasteiger partial charge in [-0.15, -0.1) is 11.3 Å². The highest BCUT2D eigenvalue weighted by Crippen LogP contribution is 2.44. The van der Waals surface area contributed by atoms with Crippen molar-refractivity contribution in [3.63, 3.8) is 0 Å². The number of carbonyl (C=O) groups excluding carboxylic acids is 1. The first kappa shape index (κ1) is 10.6. The van der Waals surface area contributed by atoms with Gasteiger partial charge in [-0.1, -0.05) is 11.6 Å². The largest absolute Gasteiger partial charge is 0.350 e. The summed E-state index contributed by atoms with van der Waals surface area (Å²) >= 11 is 11.0. The Bertz CT molecular complexity index is 367. The predicted molar refractivity (Wildman–Crippen MR) is 46.9 cm³/mol. The molecule has 0 aromatic carbocycles. The molecule has 1 aromatic heterocycles. The van der Waals surface area contributed by atoms with Crippen LogP contribution in [0.3, 0.4) is 0 Å². The number of rotatable bonds is 2. The summed E-state index contributed by atoms with van der Waals surface area (Å²) in [6.45, 7) is 0. The maximum atomic E-state index is 12.5. The molecule has 0 aliphatic rings. The van der Waals surface area contributed by atoms with Crippen molar-refractivity contribution in [1.82, 2.24) is 0 Å². The van der Waals surface area contributed by atoms with Crippen molar-refractivity contribution in [2.75, 3.05) is 0 Å². The van der Waals surface area contributed by atoms with E-state index in [9.17, 15) is 13.6 Å². The molecule has 2 nitrogen and oxygen atoms in total. The van der Waals surface area contributed by atoms with Gasteiger partial charge in [-0.25, -0.2) is 4.79 Å². The van der Waals surface area contributed by atoms with Crippen LogP contribution in [0.15, 0.2) is 10.4 Å². The van der Waals surface area contributed by atoms with E-state index in [1.807, 2.05) is 0 Å². The van der Waals surface area contributed by atoms with Gasteiger partial charge in [0.05, 0.1) is 10.6 Å². The number of isocyanates is 1. The highest BCUT2D eigenvalue weighted by molar-refractivity contribution is 7.14. The van der Waals surface area contributed by atoms with Crippen LogP contribution in [-0.4, -0.2) is 6.08 Å². The zero-order chi connectivity index (χ0) is 10.1. The lowest BCUT2D eigenvalue weighted by molar-refractivity contribution is 0.0958. The van der Waals surface area contributed by atoms with Crippen molar-refractivity contribution in [2.45, 2.75) is 5.38 Å². The molecular formula is C6HCl2F2NOS. The Morgan fingerprint density at radius 3 is 2.62 bits per heavy atom. The zero-order valence-corrected chi connectivity index (χ0v) is 8.18. The van der Waals surface area contributed by atoms with E-state index in [-0.39, 0.29) is 10.0 Å². The highest BCUT2D eigenvalue weighted by atomic mass is 35.5. The summed E-state index contributed by atoms with van der Waals surface area (Å²) in [7, 11) is 0. The fraction of sp³-hybridized carbons (Fsp3) is 0.167. The van der Waals surface area contributed by atoms with Crippen molar-refractivity contribution in [2.24, 2.45) is 4.99 Å². The van der Waals surface area contributed by atoms with Crippen molar-refractivity contribution < 1.29 is 13.6 Å². The maximum absolute atomic E-state index is 12.5. The van der Waals surface area contributed by atoms with Crippen LogP contribution < -0.4 is 0 Å². The molecule has 13 heavy (non-hydrogen) atoms. The summed E-state index contributed by atoms with van der Waals surface area (Å²) in [5.41, 5.74) is -0.546. The van der Waals surface area contributed by atoms with E-state index >= 15 is 0 Å². The number of alkyl halides is 3. The smallest absolute Gasteiger partial charge is 0.211 e. The summed E-state index contributed by atoms with van der Waals surface area (Å²) in [6, 6.07) is 0. The topological polar surface area (TPSA) is 29.4 Å². The molecule has 0 atom stereocenters. The van der Waals surface area contributed by atoms with Crippen LogP contribution in [0.4, 0.5) is 13.8 Å². The van der Waals surface area contributed by atoms with E-state index < -0.39 is 10.9 Å². The van der Waals surface area contributed by atoms with Crippen molar-refractivity contribution in [1.29, 1.82) is 0 Å². The number of hydrogen-bond donors (Lipinski definition) is 0. The average molecular weight is 244 g/mol. The number of thiophene rings is 1. The second-order valence-electron chi connectivity index (χ2n) is 1.97. The lowest BCUT2D eigenvalue weighted by atomic mass is 10.3. The standard InChI is InChI=1S/C6HCl2F2NOS/c7-4-3(6(8,9)10)1-13-5(4)11-2-12/h1H. The molecule has 0 spiro atoms. The zero-order valence-electron chi connectivity index (χ0n) is 5.85. The highest BCUT2D eigenvalue weighted by Gasteiger charge is 2.33. The van der Waals surface area contributed by atoms with Crippen LogP contribution in [-0.2, 0) is 10.2 Å². The maximum Gasteiger partial charge on any atom is 0.350 e. The van der Waals surface area contributed by atoms with Gasteiger partial charge in [0.15, 0.2) is 0 Å². The minimum atomic E-state index is -3.54. The van der Waals surface area contributed by atoms with Gasteiger partial charge < -0.3 is 0 Å². The molecule has 1 aromatic rings. The molecule has 0 saturated carbocycles. The van der Waals surface area contributed by atoms with Crippen molar-refractivity contribution in [3.8, 4) is 0 Å². The summed E-state index contributed by atoms with van der Waals surface area (Å²) in [5.74, 6) is 0. The van der Waals surface area contributed by atoms with E-state index in [1.54, 1.807) is 0 Å². The third-order valence-electron chi connectivity index (χ3n) is 1.17. The molecule has 0 unspecified atom stereocenters. The quantitative estimate of drug-likeness (QED) is 0.443.